The summed E-state index contributed by atoms with van der Waals surface area (Å²) >= 11 is 0. The van der Waals surface area contributed by atoms with E-state index in [2.05, 4.69) is 0 Å². The van der Waals surface area contributed by atoms with Gasteiger partial charge in [0.2, 0.25) is 0 Å². The van der Waals surface area contributed by atoms with Crippen LogP contribution >= 0.6 is 0 Å². The molecule has 0 spiro atoms. The topological polar surface area (TPSA) is 76.7 Å². The molecule has 5 heteroatoms. The van der Waals surface area contributed by atoms with Crippen LogP contribution in [-0.2, 0) is 4.79 Å². The van der Waals surface area contributed by atoms with Crippen LogP contribution in [0.15, 0.2) is 65.3 Å². The van der Waals surface area contributed by atoms with Crippen molar-refractivity contribution in [2.45, 2.75) is 12.3 Å². The van der Waals surface area contributed by atoms with Crippen molar-refractivity contribution in [2.24, 2.45) is 0 Å². The Kier molecular flexibility index (Phi) is 3.61. The summed E-state index contributed by atoms with van der Waals surface area (Å²) in [6.07, 6.45) is 1.54. The molecule has 1 N–H and O–H groups in total. The maximum Gasteiger partial charge on any atom is 0.312 e. The summed E-state index contributed by atoms with van der Waals surface area (Å²) in [6.45, 7) is 0. The number of hydrogen-bond acceptors (Lipinski definition) is 5. The lowest BCUT2D eigenvalue weighted by molar-refractivity contribution is -0.135. The van der Waals surface area contributed by atoms with Crippen molar-refractivity contribution < 1.29 is 23.8 Å². The number of phenols is 1. The molecule has 0 bridgehead atoms. The van der Waals surface area contributed by atoms with E-state index in [0.29, 0.717) is 16.9 Å². The van der Waals surface area contributed by atoms with E-state index in [1.807, 2.05) is 6.07 Å². The standard InChI is InChI=1S/C20H14O5/c21-17-11-14(15-7-4-10-24-15)18-16(25-17)9-8-13(20(18)23)19(22)12-5-2-1-3-6-12/h1-10,14,23H,11H2/t14-/m1/s1. The summed E-state index contributed by atoms with van der Waals surface area (Å²) < 4.78 is 10.6. The molecule has 0 fully saturated rings. The second-order valence-electron chi connectivity index (χ2n) is 5.81. The number of benzene rings is 2. The Morgan fingerprint density at radius 3 is 2.56 bits per heavy atom. The molecule has 4 rings (SSSR count). The van der Waals surface area contributed by atoms with E-state index in [-0.39, 0.29) is 29.3 Å². The van der Waals surface area contributed by atoms with Crippen LogP contribution in [0.4, 0.5) is 0 Å². The van der Waals surface area contributed by atoms with E-state index in [0.717, 1.165) is 0 Å². The van der Waals surface area contributed by atoms with Gasteiger partial charge in [-0.3, -0.25) is 9.59 Å². The number of aromatic hydroxyl groups is 1. The molecule has 1 aliphatic rings. The maximum absolute atomic E-state index is 12.7. The molecular formula is C20H14O5. The zero-order chi connectivity index (χ0) is 17.4. The summed E-state index contributed by atoms with van der Waals surface area (Å²) in [5.74, 6) is -0.585. The minimum atomic E-state index is -0.491. The molecule has 2 heterocycles. The highest BCUT2D eigenvalue weighted by Gasteiger charge is 2.34. The van der Waals surface area contributed by atoms with Crippen LogP contribution in [0.5, 0.6) is 11.5 Å². The molecule has 25 heavy (non-hydrogen) atoms. The first-order valence-electron chi connectivity index (χ1n) is 7.85. The van der Waals surface area contributed by atoms with Gasteiger partial charge in [0, 0.05) is 11.1 Å². The SMILES string of the molecule is O=C1C[C@H](c2ccco2)c2c(ccc(C(=O)c3ccccc3)c2O)O1. The zero-order valence-corrected chi connectivity index (χ0v) is 13.1. The Labute approximate surface area is 143 Å². The quantitative estimate of drug-likeness (QED) is 0.449. The summed E-state index contributed by atoms with van der Waals surface area (Å²) in [5, 5.41) is 10.8. The van der Waals surface area contributed by atoms with Gasteiger partial charge in [-0.2, -0.15) is 0 Å². The lowest BCUT2D eigenvalue weighted by Crippen LogP contribution is -2.21. The third-order valence-corrected chi connectivity index (χ3v) is 4.29. The number of carbonyl (C=O) groups excluding carboxylic acids is 2. The second-order valence-corrected chi connectivity index (χ2v) is 5.81. The van der Waals surface area contributed by atoms with Gasteiger partial charge in [-0.15, -0.1) is 0 Å². The number of carbonyl (C=O) groups is 2. The lowest BCUT2D eigenvalue weighted by atomic mass is 9.87. The molecule has 0 unspecified atom stereocenters. The number of fused-ring (bicyclic) bond motifs is 1. The molecule has 0 aliphatic carbocycles. The van der Waals surface area contributed by atoms with Gasteiger partial charge in [-0.1, -0.05) is 30.3 Å². The number of phenolic OH excluding ortho intramolecular Hbond substituents is 1. The monoisotopic (exact) mass is 334 g/mol. The van der Waals surface area contributed by atoms with Crippen molar-refractivity contribution in [1.82, 2.24) is 0 Å². The first kappa shape index (κ1) is 15.2. The van der Waals surface area contributed by atoms with Crippen molar-refractivity contribution in [3.63, 3.8) is 0 Å². The fourth-order valence-corrected chi connectivity index (χ4v) is 3.11. The van der Waals surface area contributed by atoms with E-state index < -0.39 is 11.9 Å². The fourth-order valence-electron chi connectivity index (χ4n) is 3.11. The van der Waals surface area contributed by atoms with Crippen LogP contribution in [0.25, 0.3) is 0 Å². The minimum absolute atomic E-state index is 0.0387. The number of rotatable bonds is 3. The number of hydrogen-bond donors (Lipinski definition) is 1. The summed E-state index contributed by atoms with van der Waals surface area (Å²) in [7, 11) is 0. The largest absolute Gasteiger partial charge is 0.507 e. The van der Waals surface area contributed by atoms with E-state index in [1.54, 1.807) is 36.4 Å². The van der Waals surface area contributed by atoms with Gasteiger partial charge in [0.15, 0.2) is 5.78 Å². The highest BCUT2D eigenvalue weighted by Crippen LogP contribution is 2.45. The average molecular weight is 334 g/mol. The zero-order valence-electron chi connectivity index (χ0n) is 13.1. The molecule has 0 amide bonds. The normalized spacial score (nSPS) is 16.2. The molecule has 0 radical (unpaired) electrons. The Morgan fingerprint density at radius 2 is 1.84 bits per heavy atom. The van der Waals surface area contributed by atoms with Crippen molar-refractivity contribution >= 4 is 11.8 Å². The first-order valence-corrected chi connectivity index (χ1v) is 7.85. The lowest BCUT2D eigenvalue weighted by Gasteiger charge is -2.24. The highest BCUT2D eigenvalue weighted by molar-refractivity contribution is 6.11. The van der Waals surface area contributed by atoms with E-state index in [1.165, 1.54) is 18.4 Å². The fraction of sp³-hybridized carbons (Fsp3) is 0.100. The van der Waals surface area contributed by atoms with Crippen LogP contribution in [0, 0.1) is 0 Å². The maximum atomic E-state index is 12.7. The van der Waals surface area contributed by atoms with Gasteiger partial charge in [0.25, 0.3) is 0 Å². The van der Waals surface area contributed by atoms with E-state index in [9.17, 15) is 14.7 Å². The molecule has 5 nitrogen and oxygen atoms in total. The van der Waals surface area contributed by atoms with Crippen molar-refractivity contribution in [3.05, 3.63) is 83.3 Å². The summed E-state index contributed by atoms with van der Waals surface area (Å²) in [4.78, 5) is 24.6. The van der Waals surface area contributed by atoms with Crippen LogP contribution in [0.1, 0.15) is 39.6 Å². The Hall–Kier alpha value is -3.34. The molecule has 0 saturated carbocycles. The van der Waals surface area contributed by atoms with E-state index in [4.69, 9.17) is 9.15 Å². The summed E-state index contributed by atoms with van der Waals surface area (Å²) in [6, 6.07) is 15.2. The molecule has 3 aromatic rings. The van der Waals surface area contributed by atoms with Gasteiger partial charge < -0.3 is 14.3 Å². The van der Waals surface area contributed by atoms with Crippen LogP contribution in [-0.4, -0.2) is 16.9 Å². The van der Waals surface area contributed by atoms with E-state index >= 15 is 0 Å². The molecule has 2 aromatic carbocycles. The predicted molar refractivity (Wildman–Crippen MR) is 88.8 cm³/mol. The van der Waals surface area contributed by atoms with Crippen molar-refractivity contribution in [2.75, 3.05) is 0 Å². The Morgan fingerprint density at radius 1 is 1.04 bits per heavy atom. The minimum Gasteiger partial charge on any atom is -0.507 e. The Bertz CT molecular complexity index is 942. The van der Waals surface area contributed by atoms with Gasteiger partial charge in [0.1, 0.15) is 17.3 Å². The smallest absolute Gasteiger partial charge is 0.312 e. The second kappa shape index (κ2) is 5.94. The third kappa shape index (κ3) is 2.59. The molecule has 1 aliphatic heterocycles. The first-order chi connectivity index (χ1) is 12.1. The number of furan rings is 1. The average Bonchev–Trinajstić information content (AvgIpc) is 3.16. The van der Waals surface area contributed by atoms with Gasteiger partial charge in [0.05, 0.1) is 24.2 Å². The number of ether oxygens (including phenoxy) is 1. The van der Waals surface area contributed by atoms with Crippen LogP contribution in [0.3, 0.4) is 0 Å². The molecule has 1 atom stereocenters. The number of esters is 1. The summed E-state index contributed by atoms with van der Waals surface area (Å²) in [5.41, 5.74) is 1.04. The molecule has 124 valence electrons. The van der Waals surface area contributed by atoms with Crippen LogP contribution < -0.4 is 4.74 Å². The van der Waals surface area contributed by atoms with Crippen molar-refractivity contribution in [3.8, 4) is 11.5 Å². The molecular weight excluding hydrogens is 320 g/mol. The highest BCUT2D eigenvalue weighted by atomic mass is 16.5. The van der Waals surface area contributed by atoms with Gasteiger partial charge in [-0.05, 0) is 24.3 Å². The van der Waals surface area contributed by atoms with Gasteiger partial charge >= 0.3 is 5.97 Å². The van der Waals surface area contributed by atoms with Gasteiger partial charge in [-0.25, -0.2) is 0 Å². The Balaban J connectivity index is 1.85. The van der Waals surface area contributed by atoms with Crippen molar-refractivity contribution in [1.29, 1.82) is 0 Å². The van der Waals surface area contributed by atoms with Crippen LogP contribution in [0.2, 0.25) is 0 Å². The molecule has 0 saturated heterocycles. The predicted octanol–water partition coefficient (Wildman–Crippen LogP) is 3.66. The third-order valence-electron chi connectivity index (χ3n) is 4.29. The molecule has 1 aromatic heterocycles. The number of ketones is 1.